The zero-order valence-electron chi connectivity index (χ0n) is 12.5. The number of rotatable bonds is 4. The largest absolute Gasteiger partial charge is 0.325 e. The summed E-state index contributed by atoms with van der Waals surface area (Å²) >= 11 is 5.89. The fraction of sp³-hybridized carbons (Fsp3) is 0.235. The maximum Gasteiger partial charge on any atom is 0.235 e. The Morgan fingerprint density at radius 1 is 1.04 bits per heavy atom. The Morgan fingerprint density at radius 2 is 1.61 bits per heavy atom. The number of hydrogen-bond acceptors (Lipinski definition) is 3. The third-order valence-corrected chi connectivity index (χ3v) is 5.50. The van der Waals surface area contributed by atoms with E-state index in [9.17, 15) is 13.2 Å². The van der Waals surface area contributed by atoms with Gasteiger partial charge in [0.15, 0.2) is 9.84 Å². The predicted octanol–water partition coefficient (Wildman–Crippen LogP) is 3.41. The second-order valence-corrected chi connectivity index (χ2v) is 8.29. The maximum absolute atomic E-state index is 12.6. The van der Waals surface area contributed by atoms with E-state index < -0.39 is 15.3 Å². The molecule has 1 saturated carbocycles. The van der Waals surface area contributed by atoms with Crippen LogP contribution in [-0.2, 0) is 20.0 Å². The molecule has 0 bridgehead atoms. The molecule has 0 heterocycles. The Hall–Kier alpha value is -1.85. The molecule has 0 atom stereocenters. The molecule has 0 aliphatic heterocycles. The highest BCUT2D eigenvalue weighted by atomic mass is 35.5. The molecule has 3 rings (SSSR count). The van der Waals surface area contributed by atoms with Crippen molar-refractivity contribution in [1.82, 2.24) is 0 Å². The zero-order valence-corrected chi connectivity index (χ0v) is 14.1. The van der Waals surface area contributed by atoms with Gasteiger partial charge < -0.3 is 5.32 Å². The van der Waals surface area contributed by atoms with E-state index in [0.717, 1.165) is 24.7 Å². The van der Waals surface area contributed by atoms with Gasteiger partial charge in [-0.2, -0.15) is 0 Å². The molecule has 6 heteroatoms. The minimum absolute atomic E-state index is 0.0769. The summed E-state index contributed by atoms with van der Waals surface area (Å²) in [5.41, 5.74) is 1.04. The van der Waals surface area contributed by atoms with Crippen molar-refractivity contribution in [3.05, 3.63) is 59.1 Å². The molecular formula is C17H16ClNO3S. The molecule has 1 N–H and O–H groups in total. The summed E-state index contributed by atoms with van der Waals surface area (Å²) in [6, 6.07) is 13.5. The SMILES string of the molecule is CS(=O)(=O)c1ccc(NC(=O)C2(c3ccc(Cl)cc3)CC2)cc1. The molecule has 1 aliphatic rings. The van der Waals surface area contributed by atoms with Crippen LogP contribution in [0.1, 0.15) is 18.4 Å². The first-order valence-corrected chi connectivity index (χ1v) is 9.46. The van der Waals surface area contributed by atoms with Crippen LogP contribution in [0.3, 0.4) is 0 Å². The van der Waals surface area contributed by atoms with Gasteiger partial charge in [0.05, 0.1) is 10.3 Å². The lowest BCUT2D eigenvalue weighted by atomic mass is 9.95. The fourth-order valence-corrected chi connectivity index (χ4v) is 3.33. The molecule has 1 aliphatic carbocycles. The maximum atomic E-state index is 12.6. The van der Waals surface area contributed by atoms with E-state index in [1.165, 1.54) is 12.1 Å². The number of sulfone groups is 1. The summed E-state index contributed by atoms with van der Waals surface area (Å²) in [5.74, 6) is -0.0769. The Bertz CT molecular complexity index is 838. The minimum Gasteiger partial charge on any atom is -0.325 e. The molecule has 4 nitrogen and oxygen atoms in total. The Balaban J connectivity index is 1.78. The van der Waals surface area contributed by atoms with Crippen LogP contribution in [-0.4, -0.2) is 20.6 Å². The number of nitrogens with one attached hydrogen (secondary N) is 1. The van der Waals surface area contributed by atoms with Gasteiger partial charge in [-0.25, -0.2) is 8.42 Å². The first kappa shape index (κ1) is 16.0. The highest BCUT2D eigenvalue weighted by molar-refractivity contribution is 7.90. The average molecular weight is 350 g/mol. The van der Waals surface area contributed by atoms with Gasteiger partial charge in [-0.3, -0.25) is 4.79 Å². The van der Waals surface area contributed by atoms with Gasteiger partial charge in [-0.15, -0.1) is 0 Å². The molecule has 0 radical (unpaired) electrons. The second kappa shape index (κ2) is 5.65. The van der Waals surface area contributed by atoms with Crippen molar-refractivity contribution < 1.29 is 13.2 Å². The van der Waals surface area contributed by atoms with Crippen LogP contribution in [0.2, 0.25) is 5.02 Å². The normalized spacial score (nSPS) is 15.9. The van der Waals surface area contributed by atoms with Crippen molar-refractivity contribution in [3.8, 4) is 0 Å². The van der Waals surface area contributed by atoms with Crippen LogP contribution in [0, 0.1) is 0 Å². The third-order valence-electron chi connectivity index (χ3n) is 4.12. The third kappa shape index (κ3) is 3.26. The van der Waals surface area contributed by atoms with E-state index in [2.05, 4.69) is 5.32 Å². The number of carbonyl (C=O) groups is 1. The number of halogens is 1. The van der Waals surface area contributed by atoms with E-state index in [-0.39, 0.29) is 10.8 Å². The van der Waals surface area contributed by atoms with Crippen LogP contribution in [0.15, 0.2) is 53.4 Å². The van der Waals surface area contributed by atoms with Crippen LogP contribution in [0.4, 0.5) is 5.69 Å². The zero-order chi connectivity index (χ0) is 16.7. The lowest BCUT2D eigenvalue weighted by Crippen LogP contribution is -2.27. The Labute approximate surface area is 140 Å². The minimum atomic E-state index is -3.24. The van der Waals surface area contributed by atoms with Gasteiger partial charge in [0.2, 0.25) is 5.91 Å². The number of benzene rings is 2. The van der Waals surface area contributed by atoms with Gasteiger partial charge in [-0.1, -0.05) is 23.7 Å². The van der Waals surface area contributed by atoms with Gasteiger partial charge in [-0.05, 0) is 54.8 Å². The summed E-state index contributed by atoms with van der Waals surface area (Å²) in [5, 5.41) is 3.51. The van der Waals surface area contributed by atoms with Crippen LogP contribution in [0.5, 0.6) is 0 Å². The van der Waals surface area contributed by atoms with E-state index in [0.29, 0.717) is 10.7 Å². The smallest absolute Gasteiger partial charge is 0.235 e. The average Bonchev–Trinajstić information content (AvgIpc) is 3.29. The molecule has 23 heavy (non-hydrogen) atoms. The van der Waals surface area contributed by atoms with E-state index in [4.69, 9.17) is 11.6 Å². The Morgan fingerprint density at radius 3 is 2.09 bits per heavy atom. The molecule has 2 aromatic rings. The summed E-state index contributed by atoms with van der Waals surface area (Å²) < 4.78 is 22.9. The van der Waals surface area contributed by atoms with Crippen molar-refractivity contribution in [2.75, 3.05) is 11.6 Å². The first-order chi connectivity index (χ1) is 10.8. The monoisotopic (exact) mass is 349 g/mol. The summed E-state index contributed by atoms with van der Waals surface area (Å²) in [7, 11) is -3.24. The van der Waals surface area contributed by atoms with E-state index >= 15 is 0 Å². The van der Waals surface area contributed by atoms with Crippen LogP contribution in [0.25, 0.3) is 0 Å². The molecule has 1 fully saturated rings. The highest BCUT2D eigenvalue weighted by Crippen LogP contribution is 2.49. The topological polar surface area (TPSA) is 63.2 Å². The second-order valence-electron chi connectivity index (χ2n) is 5.84. The van der Waals surface area contributed by atoms with E-state index in [1.807, 2.05) is 12.1 Å². The molecule has 0 saturated heterocycles. The van der Waals surface area contributed by atoms with Gasteiger partial charge in [0, 0.05) is 17.0 Å². The lowest BCUT2D eigenvalue weighted by molar-refractivity contribution is -0.118. The van der Waals surface area contributed by atoms with E-state index in [1.54, 1.807) is 24.3 Å². The fourth-order valence-electron chi connectivity index (χ4n) is 2.58. The molecule has 1 amide bonds. The lowest BCUT2D eigenvalue weighted by Gasteiger charge is -2.16. The van der Waals surface area contributed by atoms with Crippen molar-refractivity contribution in [2.45, 2.75) is 23.2 Å². The Kier molecular flexibility index (Phi) is 3.94. The van der Waals surface area contributed by atoms with Crippen LogP contribution < -0.4 is 5.32 Å². The van der Waals surface area contributed by atoms with Gasteiger partial charge in [0.25, 0.3) is 0 Å². The van der Waals surface area contributed by atoms with Crippen molar-refractivity contribution in [1.29, 1.82) is 0 Å². The number of anilines is 1. The predicted molar refractivity (Wildman–Crippen MR) is 90.5 cm³/mol. The van der Waals surface area contributed by atoms with Gasteiger partial charge >= 0.3 is 0 Å². The molecule has 2 aromatic carbocycles. The number of carbonyl (C=O) groups excluding carboxylic acids is 1. The van der Waals surface area contributed by atoms with Crippen LogP contribution >= 0.6 is 11.6 Å². The number of hydrogen-bond donors (Lipinski definition) is 1. The standard InChI is InChI=1S/C17H16ClNO3S/c1-23(21,22)15-8-6-14(7-9-15)19-16(20)17(10-11-17)12-2-4-13(18)5-3-12/h2-9H,10-11H2,1H3,(H,19,20). The molecule has 0 aromatic heterocycles. The quantitative estimate of drug-likeness (QED) is 0.920. The van der Waals surface area contributed by atoms with Gasteiger partial charge in [0.1, 0.15) is 0 Å². The van der Waals surface area contributed by atoms with Crippen molar-refractivity contribution in [2.24, 2.45) is 0 Å². The molecule has 0 spiro atoms. The van der Waals surface area contributed by atoms with Crippen molar-refractivity contribution in [3.63, 3.8) is 0 Å². The number of amides is 1. The highest BCUT2D eigenvalue weighted by Gasteiger charge is 2.51. The molecule has 0 unspecified atom stereocenters. The molecule has 120 valence electrons. The summed E-state index contributed by atoms with van der Waals surface area (Å²) in [6.07, 6.45) is 2.74. The molecular weight excluding hydrogens is 334 g/mol. The van der Waals surface area contributed by atoms with Crippen molar-refractivity contribution >= 4 is 33.0 Å². The first-order valence-electron chi connectivity index (χ1n) is 7.19. The summed E-state index contributed by atoms with van der Waals surface area (Å²) in [6.45, 7) is 0. The summed E-state index contributed by atoms with van der Waals surface area (Å²) in [4.78, 5) is 12.8.